The van der Waals surface area contributed by atoms with Crippen molar-refractivity contribution in [2.75, 3.05) is 54.1 Å². The summed E-state index contributed by atoms with van der Waals surface area (Å²) < 4.78 is 24.2. The maximum atomic E-state index is 13.4. The number of nitrogens with one attached hydrogen (secondary N) is 1. The van der Waals surface area contributed by atoms with Gasteiger partial charge in [-0.2, -0.15) is 0 Å². The van der Waals surface area contributed by atoms with Crippen LogP contribution in [0.5, 0.6) is 5.75 Å². The van der Waals surface area contributed by atoms with E-state index in [-0.39, 0.29) is 35.8 Å². The molecule has 0 amide bonds. The van der Waals surface area contributed by atoms with E-state index in [9.17, 15) is 4.39 Å². The first-order chi connectivity index (χ1) is 14.6. The minimum atomic E-state index is -0.220. The Hall–Kier alpha value is -1.91. The lowest BCUT2D eigenvalue weighted by molar-refractivity contribution is 0.0169. The van der Waals surface area contributed by atoms with Crippen molar-refractivity contribution in [1.82, 2.24) is 15.1 Å². The Morgan fingerprint density at radius 1 is 1.16 bits per heavy atom. The number of morpholine rings is 1. The largest absolute Gasteiger partial charge is 0.497 e. The molecule has 0 radical (unpaired) electrons. The van der Waals surface area contributed by atoms with E-state index < -0.39 is 0 Å². The predicted octanol–water partition coefficient (Wildman–Crippen LogP) is 3.53. The van der Waals surface area contributed by atoms with Gasteiger partial charge in [0.05, 0.1) is 26.4 Å². The summed E-state index contributed by atoms with van der Waals surface area (Å²) in [5.74, 6) is 1.44. The molecular formula is C23H32FIN4O2. The van der Waals surface area contributed by atoms with Gasteiger partial charge in [-0.25, -0.2) is 4.39 Å². The van der Waals surface area contributed by atoms with Crippen molar-refractivity contribution in [3.8, 4) is 5.75 Å². The van der Waals surface area contributed by atoms with Gasteiger partial charge in [0.15, 0.2) is 5.96 Å². The maximum Gasteiger partial charge on any atom is 0.193 e. The van der Waals surface area contributed by atoms with E-state index in [0.29, 0.717) is 19.8 Å². The van der Waals surface area contributed by atoms with Gasteiger partial charge in [0.25, 0.3) is 0 Å². The summed E-state index contributed by atoms with van der Waals surface area (Å²) >= 11 is 0. The lowest BCUT2D eigenvalue weighted by Gasteiger charge is -2.35. The van der Waals surface area contributed by atoms with Crippen LogP contribution in [-0.4, -0.2) is 69.8 Å². The van der Waals surface area contributed by atoms with Gasteiger partial charge >= 0.3 is 0 Å². The van der Waals surface area contributed by atoms with Gasteiger partial charge in [-0.15, -0.1) is 24.0 Å². The number of ether oxygens (including phenoxy) is 2. The van der Waals surface area contributed by atoms with Gasteiger partial charge < -0.3 is 19.7 Å². The summed E-state index contributed by atoms with van der Waals surface area (Å²) in [5.41, 5.74) is 2.25. The van der Waals surface area contributed by atoms with Crippen molar-refractivity contribution in [1.29, 1.82) is 0 Å². The summed E-state index contributed by atoms with van der Waals surface area (Å²) in [6.07, 6.45) is 0. The van der Waals surface area contributed by atoms with E-state index in [2.05, 4.69) is 32.2 Å². The van der Waals surface area contributed by atoms with Gasteiger partial charge in [-0.3, -0.25) is 9.89 Å². The van der Waals surface area contributed by atoms with Gasteiger partial charge in [-0.05, 0) is 35.4 Å². The lowest BCUT2D eigenvalue weighted by atomic mass is 10.0. The van der Waals surface area contributed by atoms with Crippen LogP contribution in [0.2, 0.25) is 0 Å². The molecule has 3 rings (SSSR count). The highest BCUT2D eigenvalue weighted by molar-refractivity contribution is 14.0. The summed E-state index contributed by atoms with van der Waals surface area (Å²) in [5, 5.41) is 3.50. The Kier molecular flexibility index (Phi) is 10.5. The molecule has 31 heavy (non-hydrogen) atoms. The van der Waals surface area contributed by atoms with Gasteiger partial charge in [-0.1, -0.05) is 24.3 Å². The smallest absolute Gasteiger partial charge is 0.193 e. The molecule has 0 aliphatic carbocycles. The second kappa shape index (κ2) is 12.8. The number of halogens is 2. The molecule has 1 aliphatic rings. The highest BCUT2D eigenvalue weighted by atomic mass is 127. The molecule has 1 unspecified atom stereocenters. The van der Waals surface area contributed by atoms with Crippen molar-refractivity contribution in [2.24, 2.45) is 4.99 Å². The Bertz CT molecular complexity index is 811. The molecule has 1 N–H and O–H groups in total. The third-order valence-corrected chi connectivity index (χ3v) is 5.35. The molecule has 1 atom stereocenters. The van der Waals surface area contributed by atoms with E-state index in [1.165, 1.54) is 17.7 Å². The number of nitrogens with zero attached hydrogens (tertiary/aromatic N) is 3. The topological polar surface area (TPSA) is 49.3 Å². The Morgan fingerprint density at radius 2 is 1.81 bits per heavy atom. The predicted molar refractivity (Wildman–Crippen MR) is 133 cm³/mol. The molecular weight excluding hydrogens is 510 g/mol. The summed E-state index contributed by atoms with van der Waals surface area (Å²) in [6.45, 7) is 4.52. The molecule has 1 heterocycles. The number of aliphatic imine (C=N–C) groups is 1. The first-order valence-electron chi connectivity index (χ1n) is 10.2. The van der Waals surface area contributed by atoms with Crippen LogP contribution in [0.15, 0.2) is 53.5 Å². The second-order valence-corrected chi connectivity index (χ2v) is 7.35. The van der Waals surface area contributed by atoms with E-state index >= 15 is 0 Å². The molecule has 0 aromatic heterocycles. The quantitative estimate of drug-likeness (QED) is 0.330. The average molecular weight is 542 g/mol. The zero-order chi connectivity index (χ0) is 21.3. The summed E-state index contributed by atoms with van der Waals surface area (Å²) in [7, 11) is 5.47. The number of hydrogen-bond acceptors (Lipinski definition) is 4. The van der Waals surface area contributed by atoms with Crippen LogP contribution in [-0.2, 0) is 11.3 Å². The molecule has 2 aromatic rings. The zero-order valence-corrected chi connectivity index (χ0v) is 20.7. The fourth-order valence-corrected chi connectivity index (χ4v) is 3.68. The minimum absolute atomic E-state index is 0. The fourth-order valence-electron chi connectivity index (χ4n) is 3.68. The van der Waals surface area contributed by atoms with E-state index in [0.717, 1.165) is 36.9 Å². The lowest BCUT2D eigenvalue weighted by Crippen LogP contribution is -2.46. The molecule has 0 spiro atoms. The van der Waals surface area contributed by atoms with E-state index in [1.54, 1.807) is 14.2 Å². The molecule has 0 saturated carbocycles. The minimum Gasteiger partial charge on any atom is -0.497 e. The molecule has 1 aliphatic heterocycles. The number of rotatable bonds is 7. The SMILES string of the molecule is CN=C(NCC(c1ccc(F)cc1)N1CCOCC1)N(C)Cc1ccc(OC)cc1.I. The fraction of sp³-hybridized carbons (Fsp3) is 0.435. The van der Waals surface area contributed by atoms with Crippen molar-refractivity contribution in [3.05, 3.63) is 65.5 Å². The second-order valence-electron chi connectivity index (χ2n) is 7.35. The Labute approximate surface area is 201 Å². The normalized spacial score (nSPS) is 15.7. The third-order valence-electron chi connectivity index (χ3n) is 5.35. The van der Waals surface area contributed by atoms with Crippen LogP contribution in [0.4, 0.5) is 4.39 Å². The number of hydrogen-bond donors (Lipinski definition) is 1. The molecule has 170 valence electrons. The van der Waals surface area contributed by atoms with E-state index in [4.69, 9.17) is 9.47 Å². The highest BCUT2D eigenvalue weighted by Crippen LogP contribution is 2.22. The van der Waals surface area contributed by atoms with Crippen molar-refractivity contribution in [3.63, 3.8) is 0 Å². The molecule has 0 bridgehead atoms. The first kappa shape index (κ1) is 25.4. The van der Waals surface area contributed by atoms with Gasteiger partial charge in [0.1, 0.15) is 11.6 Å². The first-order valence-corrected chi connectivity index (χ1v) is 10.2. The molecule has 2 aromatic carbocycles. The van der Waals surface area contributed by atoms with Crippen LogP contribution in [0.3, 0.4) is 0 Å². The molecule has 6 nitrogen and oxygen atoms in total. The van der Waals surface area contributed by atoms with Gasteiger partial charge in [0, 0.05) is 40.3 Å². The number of methoxy groups -OCH3 is 1. The van der Waals surface area contributed by atoms with Crippen LogP contribution < -0.4 is 10.1 Å². The van der Waals surface area contributed by atoms with E-state index in [1.807, 2.05) is 31.3 Å². The Balaban J connectivity index is 0.00000341. The van der Waals surface area contributed by atoms with Crippen molar-refractivity contribution in [2.45, 2.75) is 12.6 Å². The Morgan fingerprint density at radius 3 is 2.39 bits per heavy atom. The van der Waals surface area contributed by atoms with Gasteiger partial charge in [0.2, 0.25) is 0 Å². The van der Waals surface area contributed by atoms with Crippen molar-refractivity contribution < 1.29 is 13.9 Å². The number of benzene rings is 2. The molecule has 1 fully saturated rings. The van der Waals surface area contributed by atoms with Crippen LogP contribution in [0, 0.1) is 5.82 Å². The number of guanidine groups is 1. The zero-order valence-electron chi connectivity index (χ0n) is 18.4. The monoisotopic (exact) mass is 542 g/mol. The standard InChI is InChI=1S/C23H31FN4O2.HI/c1-25-23(27(2)17-18-4-10-21(29-3)11-5-18)26-16-22(28-12-14-30-15-13-28)19-6-8-20(24)9-7-19;/h4-11,22H,12-17H2,1-3H3,(H,25,26);1H. The molecule has 1 saturated heterocycles. The summed E-state index contributed by atoms with van der Waals surface area (Å²) in [4.78, 5) is 8.91. The highest BCUT2D eigenvalue weighted by Gasteiger charge is 2.23. The maximum absolute atomic E-state index is 13.4. The van der Waals surface area contributed by atoms with Crippen molar-refractivity contribution >= 4 is 29.9 Å². The van der Waals surface area contributed by atoms with Crippen LogP contribution in [0.1, 0.15) is 17.2 Å². The van der Waals surface area contributed by atoms with Crippen LogP contribution >= 0.6 is 24.0 Å². The van der Waals surface area contributed by atoms with Crippen LogP contribution in [0.25, 0.3) is 0 Å². The average Bonchev–Trinajstić information content (AvgIpc) is 2.79. The summed E-state index contributed by atoms with van der Waals surface area (Å²) in [6, 6.07) is 14.9. The molecule has 8 heteroatoms. The third kappa shape index (κ3) is 7.33.